The van der Waals surface area contributed by atoms with Gasteiger partial charge in [0.2, 0.25) is 0 Å². The van der Waals surface area contributed by atoms with Gasteiger partial charge in [0.05, 0.1) is 25.3 Å². The van der Waals surface area contributed by atoms with E-state index in [1.54, 1.807) is 12.1 Å². The van der Waals surface area contributed by atoms with Crippen molar-refractivity contribution >= 4 is 22.6 Å². The van der Waals surface area contributed by atoms with Crippen molar-refractivity contribution in [1.82, 2.24) is 4.57 Å². The minimum absolute atomic E-state index is 0.285. The lowest BCUT2D eigenvalue weighted by atomic mass is 10.1. The summed E-state index contributed by atoms with van der Waals surface area (Å²) in [5, 5.41) is 10.2. The number of carboxylic acid groups (broad SMARTS) is 1. The van der Waals surface area contributed by atoms with Gasteiger partial charge in [-0.1, -0.05) is 12.1 Å². The zero-order chi connectivity index (χ0) is 18.1. The number of aromatic carboxylic acids is 1. The predicted molar refractivity (Wildman–Crippen MR) is 97.4 cm³/mol. The van der Waals surface area contributed by atoms with Crippen LogP contribution in [0.2, 0.25) is 0 Å². The van der Waals surface area contributed by atoms with Crippen molar-refractivity contribution in [3.05, 3.63) is 65.6 Å². The Balaban J connectivity index is 1.64. The smallest absolute Gasteiger partial charge is 0.338 e. The molecule has 1 N–H and O–H groups in total. The summed E-state index contributed by atoms with van der Waals surface area (Å²) in [5.41, 5.74) is 2.20. The molecule has 4 rings (SSSR count). The summed E-state index contributed by atoms with van der Waals surface area (Å²) >= 11 is 0. The summed E-state index contributed by atoms with van der Waals surface area (Å²) in [4.78, 5) is 13.4. The van der Waals surface area contributed by atoms with Crippen LogP contribution in [0.15, 0.2) is 48.7 Å². The monoisotopic (exact) mass is 354 g/mol. The second kappa shape index (κ2) is 6.80. The summed E-state index contributed by atoms with van der Waals surface area (Å²) in [5.74, 6) is -1.93. The lowest BCUT2D eigenvalue weighted by Crippen LogP contribution is -2.36. The van der Waals surface area contributed by atoms with Crippen molar-refractivity contribution in [3.63, 3.8) is 0 Å². The van der Waals surface area contributed by atoms with Gasteiger partial charge >= 0.3 is 5.97 Å². The molecule has 1 aromatic heterocycles. The first-order chi connectivity index (χ1) is 12.6. The summed E-state index contributed by atoms with van der Waals surface area (Å²) in [7, 11) is 0. The number of nitrogens with zero attached hydrogens (tertiary/aromatic N) is 2. The molecule has 134 valence electrons. The highest BCUT2D eigenvalue weighted by Crippen LogP contribution is 2.25. The van der Waals surface area contributed by atoms with Crippen molar-refractivity contribution in [1.29, 1.82) is 0 Å². The van der Waals surface area contributed by atoms with Gasteiger partial charge in [-0.15, -0.1) is 0 Å². The van der Waals surface area contributed by atoms with Crippen LogP contribution in [-0.2, 0) is 11.3 Å². The topological polar surface area (TPSA) is 54.7 Å². The highest BCUT2D eigenvalue weighted by Gasteiger charge is 2.15. The Labute approximate surface area is 150 Å². The molecule has 26 heavy (non-hydrogen) atoms. The van der Waals surface area contributed by atoms with Crippen LogP contribution < -0.4 is 4.90 Å². The zero-order valence-electron chi connectivity index (χ0n) is 14.2. The second-order valence-corrected chi connectivity index (χ2v) is 6.37. The SMILES string of the molecule is O=C(O)c1cccc(Cn2ccc3cc(N4CCOCC4)ccc32)c1F. The molecule has 1 aliphatic heterocycles. The lowest BCUT2D eigenvalue weighted by Gasteiger charge is -2.28. The van der Waals surface area contributed by atoms with Crippen molar-refractivity contribution < 1.29 is 19.0 Å². The minimum atomic E-state index is -1.25. The highest BCUT2D eigenvalue weighted by molar-refractivity contribution is 5.88. The minimum Gasteiger partial charge on any atom is -0.478 e. The Bertz CT molecular complexity index is 961. The van der Waals surface area contributed by atoms with Crippen molar-refractivity contribution in [3.8, 4) is 0 Å². The molecule has 0 spiro atoms. The lowest BCUT2D eigenvalue weighted by molar-refractivity contribution is 0.0691. The van der Waals surface area contributed by atoms with Crippen LogP contribution in [0.25, 0.3) is 10.9 Å². The normalized spacial score (nSPS) is 14.7. The van der Waals surface area contributed by atoms with Gasteiger partial charge in [0.25, 0.3) is 0 Å². The zero-order valence-corrected chi connectivity index (χ0v) is 14.2. The van der Waals surface area contributed by atoms with E-state index in [1.807, 2.05) is 22.9 Å². The molecule has 0 atom stereocenters. The van der Waals surface area contributed by atoms with Gasteiger partial charge < -0.3 is 19.3 Å². The molecule has 1 saturated heterocycles. The van der Waals surface area contributed by atoms with E-state index in [0.29, 0.717) is 5.56 Å². The summed E-state index contributed by atoms with van der Waals surface area (Å²) in [6.45, 7) is 3.50. The number of halogens is 1. The molecule has 0 radical (unpaired) electrons. The quantitative estimate of drug-likeness (QED) is 0.781. The first-order valence-corrected chi connectivity index (χ1v) is 8.56. The second-order valence-electron chi connectivity index (χ2n) is 6.37. The van der Waals surface area contributed by atoms with Crippen molar-refractivity contribution in [2.24, 2.45) is 0 Å². The number of morpholine rings is 1. The van der Waals surface area contributed by atoms with E-state index in [2.05, 4.69) is 17.0 Å². The number of anilines is 1. The number of ether oxygens (including phenoxy) is 1. The fourth-order valence-corrected chi connectivity index (χ4v) is 3.39. The van der Waals surface area contributed by atoms with Crippen LogP contribution in [-0.4, -0.2) is 41.9 Å². The van der Waals surface area contributed by atoms with E-state index in [4.69, 9.17) is 9.84 Å². The predicted octanol–water partition coefficient (Wildman–Crippen LogP) is 3.36. The average Bonchev–Trinajstić information content (AvgIpc) is 3.06. The van der Waals surface area contributed by atoms with Gasteiger partial charge in [0.1, 0.15) is 5.82 Å². The first-order valence-electron chi connectivity index (χ1n) is 8.56. The number of aromatic nitrogens is 1. The van der Waals surface area contributed by atoms with Crippen LogP contribution in [0.4, 0.5) is 10.1 Å². The largest absolute Gasteiger partial charge is 0.478 e. The number of hydrogen-bond donors (Lipinski definition) is 1. The Morgan fingerprint density at radius 2 is 1.96 bits per heavy atom. The Morgan fingerprint density at radius 1 is 1.15 bits per heavy atom. The molecule has 0 amide bonds. The van der Waals surface area contributed by atoms with Gasteiger partial charge in [0, 0.05) is 41.4 Å². The van der Waals surface area contributed by atoms with E-state index in [-0.39, 0.29) is 12.1 Å². The van der Waals surface area contributed by atoms with Crippen LogP contribution in [0.5, 0.6) is 0 Å². The Hall–Kier alpha value is -2.86. The van der Waals surface area contributed by atoms with Gasteiger partial charge in [-0.2, -0.15) is 0 Å². The number of hydrogen-bond acceptors (Lipinski definition) is 3. The van der Waals surface area contributed by atoms with E-state index in [0.717, 1.165) is 42.9 Å². The molecule has 1 aliphatic rings. The molecule has 0 saturated carbocycles. The number of fused-ring (bicyclic) bond motifs is 1. The maximum absolute atomic E-state index is 14.4. The molecule has 0 bridgehead atoms. The summed E-state index contributed by atoms with van der Waals surface area (Å²) in [6.07, 6.45) is 1.90. The van der Waals surface area contributed by atoms with Gasteiger partial charge in [-0.05, 0) is 30.3 Å². The molecule has 3 aromatic rings. The molecular weight excluding hydrogens is 335 g/mol. The number of benzene rings is 2. The van der Waals surface area contributed by atoms with Crippen LogP contribution in [0.1, 0.15) is 15.9 Å². The van der Waals surface area contributed by atoms with Crippen LogP contribution in [0.3, 0.4) is 0 Å². The van der Waals surface area contributed by atoms with Gasteiger partial charge in [-0.3, -0.25) is 0 Å². The van der Waals surface area contributed by atoms with Gasteiger partial charge in [0.15, 0.2) is 0 Å². The standard InChI is InChI=1S/C20H19FN2O3/c21-19-15(2-1-3-17(19)20(24)25)13-23-7-6-14-12-16(4-5-18(14)23)22-8-10-26-11-9-22/h1-7,12H,8-11,13H2,(H,24,25). The third-order valence-electron chi connectivity index (χ3n) is 4.78. The molecule has 0 aliphatic carbocycles. The van der Waals surface area contributed by atoms with E-state index in [9.17, 15) is 9.18 Å². The summed E-state index contributed by atoms with van der Waals surface area (Å²) in [6, 6.07) is 12.7. The maximum atomic E-state index is 14.4. The Kier molecular flexibility index (Phi) is 4.34. The third kappa shape index (κ3) is 3.04. The first kappa shape index (κ1) is 16.6. The third-order valence-corrected chi connectivity index (χ3v) is 4.78. The summed E-state index contributed by atoms with van der Waals surface area (Å²) < 4.78 is 21.7. The Morgan fingerprint density at radius 3 is 2.73 bits per heavy atom. The number of carbonyl (C=O) groups is 1. The molecule has 0 unspecified atom stereocenters. The molecule has 2 aromatic carbocycles. The maximum Gasteiger partial charge on any atom is 0.338 e. The molecule has 6 heteroatoms. The number of rotatable bonds is 4. The van der Waals surface area contributed by atoms with E-state index in [1.165, 1.54) is 6.07 Å². The molecular formula is C20H19FN2O3. The fraction of sp³-hybridized carbons (Fsp3) is 0.250. The van der Waals surface area contributed by atoms with Gasteiger partial charge in [-0.25, -0.2) is 9.18 Å². The van der Waals surface area contributed by atoms with E-state index < -0.39 is 11.8 Å². The molecule has 1 fully saturated rings. The molecule has 5 nitrogen and oxygen atoms in total. The van der Waals surface area contributed by atoms with Crippen LogP contribution in [0, 0.1) is 5.82 Å². The number of carboxylic acids is 1. The highest BCUT2D eigenvalue weighted by atomic mass is 19.1. The van der Waals surface area contributed by atoms with Crippen molar-refractivity contribution in [2.75, 3.05) is 31.2 Å². The average molecular weight is 354 g/mol. The molecule has 2 heterocycles. The fourth-order valence-electron chi connectivity index (χ4n) is 3.39. The van der Waals surface area contributed by atoms with E-state index >= 15 is 0 Å². The van der Waals surface area contributed by atoms with Crippen LogP contribution >= 0.6 is 0 Å². The van der Waals surface area contributed by atoms with Crippen molar-refractivity contribution in [2.45, 2.75) is 6.54 Å².